The Kier molecular flexibility index (Phi) is 6.18. The molecule has 1 unspecified atom stereocenters. The van der Waals surface area contributed by atoms with Crippen LogP contribution in [0.4, 0.5) is 24.0 Å². The molecule has 7 nitrogen and oxygen atoms in total. The molecule has 1 amide bonds. The molecule has 1 fully saturated rings. The first-order valence-corrected chi connectivity index (χ1v) is 12.1. The number of pyridine rings is 1. The number of nitrogens with one attached hydrogen (secondary N) is 2. The third kappa shape index (κ3) is 5.00. The number of amides is 1. The molecule has 3 heterocycles. The molecule has 1 saturated carbocycles. The van der Waals surface area contributed by atoms with E-state index in [0.29, 0.717) is 22.6 Å². The van der Waals surface area contributed by atoms with E-state index in [2.05, 4.69) is 30.2 Å². The van der Waals surface area contributed by atoms with Crippen molar-refractivity contribution in [2.24, 2.45) is 0 Å². The van der Waals surface area contributed by atoms with Crippen molar-refractivity contribution >= 4 is 39.1 Å². The number of hydrogen-bond acceptors (Lipinski definition) is 6. The first kappa shape index (κ1) is 23.3. The number of thiazole rings is 1. The Morgan fingerprint density at radius 2 is 1.86 bits per heavy atom. The summed E-state index contributed by atoms with van der Waals surface area (Å²) in [7, 11) is 0. The standard InChI is InChI=1S/C24H23F3N6OS/c1-14(21-12-29-23(35-21)32-16-8-6-15(7-9-16)24(25,26)27)31-22(34)18-10-20-19(11-28-18)30-13-33(20)17-4-2-3-5-17/h6-14,17H,2-5H2,1H3,(H,29,32)(H,31,34). The topological polar surface area (TPSA) is 84.7 Å². The van der Waals surface area contributed by atoms with E-state index in [9.17, 15) is 18.0 Å². The minimum absolute atomic E-state index is 0.302. The Bertz CT molecular complexity index is 1340. The molecule has 1 aliphatic rings. The molecule has 1 aliphatic carbocycles. The first-order valence-electron chi connectivity index (χ1n) is 11.3. The number of benzene rings is 1. The van der Waals surface area contributed by atoms with Crippen LogP contribution in [0.25, 0.3) is 11.0 Å². The Hall–Kier alpha value is -3.47. The smallest absolute Gasteiger partial charge is 0.343 e. The van der Waals surface area contributed by atoms with Crippen LogP contribution in [0.2, 0.25) is 0 Å². The molecular formula is C24H23F3N6OS. The molecule has 182 valence electrons. The van der Waals surface area contributed by atoms with Gasteiger partial charge < -0.3 is 15.2 Å². The van der Waals surface area contributed by atoms with E-state index in [-0.39, 0.29) is 11.9 Å². The summed E-state index contributed by atoms with van der Waals surface area (Å²) in [5, 5.41) is 6.46. The zero-order valence-corrected chi connectivity index (χ0v) is 19.7. The highest BCUT2D eigenvalue weighted by atomic mass is 32.1. The van der Waals surface area contributed by atoms with Gasteiger partial charge in [-0.3, -0.25) is 4.79 Å². The van der Waals surface area contributed by atoms with Crippen molar-refractivity contribution in [2.45, 2.75) is 50.9 Å². The minimum Gasteiger partial charge on any atom is -0.343 e. The molecule has 0 aliphatic heterocycles. The number of nitrogens with zero attached hydrogens (tertiary/aromatic N) is 4. The van der Waals surface area contributed by atoms with Crippen molar-refractivity contribution in [1.82, 2.24) is 24.8 Å². The lowest BCUT2D eigenvalue weighted by molar-refractivity contribution is -0.137. The van der Waals surface area contributed by atoms with Gasteiger partial charge in [0, 0.05) is 22.8 Å². The lowest BCUT2D eigenvalue weighted by Crippen LogP contribution is -2.27. The number of aromatic nitrogens is 4. The minimum atomic E-state index is -4.38. The number of hydrogen-bond donors (Lipinski definition) is 2. The lowest BCUT2D eigenvalue weighted by Gasteiger charge is -2.13. The van der Waals surface area contributed by atoms with E-state index in [0.717, 1.165) is 40.9 Å². The van der Waals surface area contributed by atoms with Gasteiger partial charge in [-0.15, -0.1) is 0 Å². The van der Waals surface area contributed by atoms with Gasteiger partial charge in [-0.1, -0.05) is 24.2 Å². The third-order valence-electron chi connectivity index (χ3n) is 6.17. The van der Waals surface area contributed by atoms with Gasteiger partial charge in [-0.25, -0.2) is 15.0 Å². The number of carbonyl (C=O) groups excluding carboxylic acids is 1. The van der Waals surface area contributed by atoms with Crippen molar-refractivity contribution in [3.05, 3.63) is 65.2 Å². The maximum Gasteiger partial charge on any atom is 0.416 e. The molecule has 5 rings (SSSR count). The molecule has 1 aromatic carbocycles. The number of carbonyl (C=O) groups is 1. The Morgan fingerprint density at radius 3 is 2.57 bits per heavy atom. The van der Waals surface area contributed by atoms with Gasteiger partial charge in [0.15, 0.2) is 5.13 Å². The van der Waals surface area contributed by atoms with E-state index in [4.69, 9.17) is 0 Å². The zero-order chi connectivity index (χ0) is 24.6. The van der Waals surface area contributed by atoms with Crippen LogP contribution in [0.1, 0.15) is 65.6 Å². The maximum absolute atomic E-state index is 12.9. The fraction of sp³-hybridized carbons (Fsp3) is 0.333. The largest absolute Gasteiger partial charge is 0.416 e. The molecule has 35 heavy (non-hydrogen) atoms. The lowest BCUT2D eigenvalue weighted by atomic mass is 10.2. The van der Waals surface area contributed by atoms with Crippen LogP contribution in [-0.4, -0.2) is 25.4 Å². The van der Waals surface area contributed by atoms with E-state index in [1.807, 2.05) is 13.3 Å². The van der Waals surface area contributed by atoms with Crippen molar-refractivity contribution in [2.75, 3.05) is 5.32 Å². The van der Waals surface area contributed by atoms with Crippen molar-refractivity contribution in [1.29, 1.82) is 0 Å². The van der Waals surface area contributed by atoms with Crippen LogP contribution in [0, 0.1) is 0 Å². The van der Waals surface area contributed by atoms with Gasteiger partial charge in [0.1, 0.15) is 11.2 Å². The van der Waals surface area contributed by atoms with Crippen molar-refractivity contribution in [3.8, 4) is 0 Å². The van der Waals surface area contributed by atoms with Gasteiger partial charge >= 0.3 is 6.18 Å². The summed E-state index contributed by atoms with van der Waals surface area (Å²) < 4.78 is 40.4. The molecule has 0 spiro atoms. The summed E-state index contributed by atoms with van der Waals surface area (Å²) in [5.74, 6) is -0.302. The second-order valence-corrected chi connectivity index (χ2v) is 9.67. The summed E-state index contributed by atoms with van der Waals surface area (Å²) in [6.07, 6.45) is 5.33. The predicted octanol–water partition coefficient (Wildman–Crippen LogP) is 6.26. The fourth-order valence-electron chi connectivity index (χ4n) is 4.28. The Labute approximate surface area is 203 Å². The van der Waals surface area contributed by atoms with Crippen LogP contribution < -0.4 is 10.6 Å². The van der Waals surface area contributed by atoms with Gasteiger partial charge in [-0.2, -0.15) is 13.2 Å². The summed E-state index contributed by atoms with van der Waals surface area (Å²) in [6.45, 7) is 1.84. The summed E-state index contributed by atoms with van der Waals surface area (Å²) in [5.41, 5.74) is 1.77. The molecule has 0 saturated heterocycles. The van der Waals surface area contributed by atoms with Crippen LogP contribution in [-0.2, 0) is 6.18 Å². The van der Waals surface area contributed by atoms with Gasteiger partial charge in [0.25, 0.3) is 5.91 Å². The number of rotatable bonds is 6. The average Bonchev–Trinajstić information content (AvgIpc) is 3.59. The summed E-state index contributed by atoms with van der Waals surface area (Å²) in [4.78, 5) is 26.7. The Balaban J connectivity index is 1.25. The van der Waals surface area contributed by atoms with Crippen molar-refractivity contribution < 1.29 is 18.0 Å². The highest BCUT2D eigenvalue weighted by Gasteiger charge is 2.30. The molecule has 4 aromatic rings. The summed E-state index contributed by atoms with van der Waals surface area (Å²) >= 11 is 1.31. The highest BCUT2D eigenvalue weighted by molar-refractivity contribution is 7.15. The predicted molar refractivity (Wildman–Crippen MR) is 128 cm³/mol. The second-order valence-electron chi connectivity index (χ2n) is 8.61. The van der Waals surface area contributed by atoms with Crippen LogP contribution in [0.15, 0.2) is 49.1 Å². The maximum atomic E-state index is 12.9. The number of fused-ring (bicyclic) bond motifs is 1. The number of anilines is 2. The molecule has 0 bridgehead atoms. The first-order chi connectivity index (χ1) is 16.8. The SMILES string of the molecule is CC(NC(=O)c1cc2c(cn1)ncn2C1CCCC1)c1cnc(Nc2ccc(C(F)(F)F)cc2)s1. The van der Waals surface area contributed by atoms with E-state index in [1.54, 1.807) is 18.5 Å². The number of halogens is 3. The normalized spacial score (nSPS) is 15.4. The second kappa shape index (κ2) is 9.29. The Morgan fingerprint density at radius 1 is 1.11 bits per heavy atom. The average molecular weight is 501 g/mol. The number of alkyl halides is 3. The van der Waals surface area contributed by atoms with Gasteiger partial charge in [0.05, 0.1) is 29.6 Å². The van der Waals surface area contributed by atoms with Crippen LogP contribution >= 0.6 is 11.3 Å². The molecule has 0 radical (unpaired) electrons. The molecule has 11 heteroatoms. The highest BCUT2D eigenvalue weighted by Crippen LogP contribution is 2.33. The van der Waals surface area contributed by atoms with Gasteiger partial charge in [-0.05, 0) is 50.1 Å². The monoisotopic (exact) mass is 500 g/mol. The van der Waals surface area contributed by atoms with E-state index >= 15 is 0 Å². The summed E-state index contributed by atoms with van der Waals surface area (Å²) in [6, 6.07) is 6.60. The molecule has 3 aromatic heterocycles. The fourth-order valence-corrected chi connectivity index (χ4v) is 5.12. The van der Waals surface area contributed by atoms with Gasteiger partial charge in [0.2, 0.25) is 0 Å². The third-order valence-corrected chi connectivity index (χ3v) is 7.27. The quantitative estimate of drug-likeness (QED) is 0.327. The van der Waals surface area contributed by atoms with E-state index < -0.39 is 11.7 Å². The zero-order valence-electron chi connectivity index (χ0n) is 18.8. The molecular weight excluding hydrogens is 477 g/mol. The van der Waals surface area contributed by atoms with E-state index in [1.165, 1.54) is 36.3 Å². The van der Waals surface area contributed by atoms with Crippen LogP contribution in [0.3, 0.4) is 0 Å². The molecule has 2 N–H and O–H groups in total. The molecule has 1 atom stereocenters. The van der Waals surface area contributed by atoms with Crippen LogP contribution in [0.5, 0.6) is 0 Å². The van der Waals surface area contributed by atoms with Crippen molar-refractivity contribution in [3.63, 3.8) is 0 Å². The number of imidazole rings is 1.